The summed E-state index contributed by atoms with van der Waals surface area (Å²) in [7, 11) is 0. The van der Waals surface area contributed by atoms with E-state index >= 15 is 0 Å². The molecule has 0 heterocycles. The average molecular weight is 220 g/mol. The number of benzene rings is 1. The second-order valence-corrected chi connectivity index (χ2v) is 4.67. The maximum absolute atomic E-state index is 5.87. The predicted octanol–water partition coefficient (Wildman–Crippen LogP) is 1.27. The Bertz CT molecular complexity index is 305. The Labute approximate surface area is 96.8 Å². The van der Waals surface area contributed by atoms with Crippen molar-refractivity contribution in [2.75, 3.05) is 6.61 Å². The van der Waals surface area contributed by atoms with E-state index < -0.39 is 0 Å². The molecule has 2 rings (SSSR count). The van der Waals surface area contributed by atoms with E-state index in [1.54, 1.807) is 0 Å². The van der Waals surface area contributed by atoms with Crippen LogP contribution in [0.2, 0.25) is 0 Å². The molecular weight excluding hydrogens is 200 g/mol. The van der Waals surface area contributed by atoms with Crippen molar-refractivity contribution in [2.45, 2.75) is 31.5 Å². The average Bonchev–Trinajstić information content (AvgIpc) is 2.60. The van der Waals surface area contributed by atoms with Crippen molar-refractivity contribution in [2.24, 2.45) is 17.4 Å². The molecule has 3 nitrogen and oxygen atoms in total. The van der Waals surface area contributed by atoms with E-state index in [0.717, 1.165) is 19.4 Å². The van der Waals surface area contributed by atoms with Gasteiger partial charge in [0, 0.05) is 18.7 Å². The summed E-state index contributed by atoms with van der Waals surface area (Å²) in [6.45, 7) is 1.46. The molecule has 1 aliphatic carbocycles. The van der Waals surface area contributed by atoms with E-state index in [-0.39, 0.29) is 12.1 Å². The molecule has 0 bridgehead atoms. The van der Waals surface area contributed by atoms with Crippen molar-refractivity contribution in [3.63, 3.8) is 0 Å². The monoisotopic (exact) mass is 220 g/mol. The van der Waals surface area contributed by atoms with Crippen LogP contribution in [0.25, 0.3) is 0 Å². The molecule has 0 spiro atoms. The largest absolute Gasteiger partial charge is 0.376 e. The molecule has 1 aliphatic rings. The predicted molar refractivity (Wildman–Crippen MR) is 64.8 cm³/mol. The summed E-state index contributed by atoms with van der Waals surface area (Å²) in [6.07, 6.45) is 1.99. The van der Waals surface area contributed by atoms with Gasteiger partial charge in [-0.2, -0.15) is 0 Å². The third-order valence-corrected chi connectivity index (χ3v) is 3.23. The number of rotatable bonds is 4. The van der Waals surface area contributed by atoms with E-state index in [0.29, 0.717) is 12.5 Å². The van der Waals surface area contributed by atoms with Crippen LogP contribution in [0.15, 0.2) is 30.3 Å². The molecule has 16 heavy (non-hydrogen) atoms. The first-order valence-corrected chi connectivity index (χ1v) is 5.88. The topological polar surface area (TPSA) is 61.3 Å². The first kappa shape index (κ1) is 11.6. The van der Waals surface area contributed by atoms with E-state index in [9.17, 15) is 0 Å². The fraction of sp³-hybridized carbons (Fsp3) is 0.538. The summed E-state index contributed by atoms with van der Waals surface area (Å²) in [5.74, 6) is 0.536. The van der Waals surface area contributed by atoms with Gasteiger partial charge in [-0.25, -0.2) is 0 Å². The van der Waals surface area contributed by atoms with Gasteiger partial charge in [-0.15, -0.1) is 0 Å². The summed E-state index contributed by atoms with van der Waals surface area (Å²) in [6, 6.07) is 10.5. The Balaban J connectivity index is 1.69. The minimum Gasteiger partial charge on any atom is -0.376 e. The first-order valence-electron chi connectivity index (χ1n) is 5.88. The highest BCUT2D eigenvalue weighted by molar-refractivity contribution is 5.13. The van der Waals surface area contributed by atoms with Gasteiger partial charge in [0.1, 0.15) is 0 Å². The van der Waals surface area contributed by atoms with Gasteiger partial charge in [0.15, 0.2) is 0 Å². The minimum absolute atomic E-state index is 0.158. The van der Waals surface area contributed by atoms with Crippen molar-refractivity contribution in [3.05, 3.63) is 35.9 Å². The van der Waals surface area contributed by atoms with Gasteiger partial charge in [0.25, 0.3) is 0 Å². The van der Waals surface area contributed by atoms with Gasteiger partial charge in [-0.3, -0.25) is 0 Å². The number of hydrogen-bond donors (Lipinski definition) is 2. The third-order valence-electron chi connectivity index (χ3n) is 3.23. The molecular formula is C13H20N2O. The van der Waals surface area contributed by atoms with Crippen LogP contribution in [-0.4, -0.2) is 18.7 Å². The fourth-order valence-electron chi connectivity index (χ4n) is 2.27. The molecule has 0 aromatic heterocycles. The number of ether oxygens (including phenoxy) is 1. The maximum atomic E-state index is 5.87. The zero-order valence-corrected chi connectivity index (χ0v) is 9.51. The van der Waals surface area contributed by atoms with Gasteiger partial charge >= 0.3 is 0 Å². The highest BCUT2D eigenvalue weighted by Gasteiger charge is 2.28. The Morgan fingerprint density at radius 2 is 1.69 bits per heavy atom. The van der Waals surface area contributed by atoms with E-state index in [1.165, 1.54) is 5.56 Å². The zero-order valence-electron chi connectivity index (χ0n) is 9.51. The maximum Gasteiger partial charge on any atom is 0.0717 e. The lowest BCUT2D eigenvalue weighted by molar-refractivity contribution is 0.0881. The Kier molecular flexibility index (Phi) is 3.93. The summed E-state index contributed by atoms with van der Waals surface area (Å²) >= 11 is 0. The van der Waals surface area contributed by atoms with Crippen molar-refractivity contribution >= 4 is 0 Å². The molecule has 2 atom stereocenters. The highest BCUT2D eigenvalue weighted by Crippen LogP contribution is 2.23. The van der Waals surface area contributed by atoms with Crippen molar-refractivity contribution in [3.8, 4) is 0 Å². The van der Waals surface area contributed by atoms with Crippen LogP contribution >= 0.6 is 0 Å². The van der Waals surface area contributed by atoms with E-state index in [2.05, 4.69) is 12.1 Å². The van der Waals surface area contributed by atoms with Crippen LogP contribution in [0.5, 0.6) is 0 Å². The molecule has 1 saturated carbocycles. The summed E-state index contributed by atoms with van der Waals surface area (Å²) < 4.78 is 5.69. The molecule has 1 aromatic carbocycles. The van der Waals surface area contributed by atoms with Crippen LogP contribution in [0.1, 0.15) is 18.4 Å². The van der Waals surface area contributed by atoms with E-state index in [1.807, 2.05) is 18.2 Å². The molecule has 0 radical (unpaired) electrons. The van der Waals surface area contributed by atoms with Crippen LogP contribution < -0.4 is 11.5 Å². The lowest BCUT2D eigenvalue weighted by atomic mass is 10.1. The normalized spacial score (nSPS) is 29.5. The van der Waals surface area contributed by atoms with Gasteiger partial charge in [-0.1, -0.05) is 30.3 Å². The second-order valence-electron chi connectivity index (χ2n) is 4.67. The van der Waals surface area contributed by atoms with Crippen molar-refractivity contribution in [1.29, 1.82) is 0 Å². The van der Waals surface area contributed by atoms with Crippen LogP contribution in [0, 0.1) is 5.92 Å². The quantitative estimate of drug-likeness (QED) is 0.803. The molecule has 1 fully saturated rings. The number of hydrogen-bond acceptors (Lipinski definition) is 3. The fourth-order valence-corrected chi connectivity index (χ4v) is 2.27. The van der Waals surface area contributed by atoms with Crippen molar-refractivity contribution < 1.29 is 4.74 Å². The Morgan fingerprint density at radius 1 is 1.06 bits per heavy atom. The molecule has 0 aliphatic heterocycles. The highest BCUT2D eigenvalue weighted by atomic mass is 16.5. The third kappa shape index (κ3) is 3.04. The SMILES string of the molecule is NC1CC(COCc2ccccc2)CC1N. The smallest absolute Gasteiger partial charge is 0.0717 e. The molecule has 4 N–H and O–H groups in total. The van der Waals surface area contributed by atoms with Gasteiger partial charge in [-0.05, 0) is 24.3 Å². The standard InChI is InChI=1S/C13H20N2O/c14-12-6-11(7-13(12)15)9-16-8-10-4-2-1-3-5-10/h1-5,11-13H,6-9,14-15H2. The molecule has 88 valence electrons. The second kappa shape index (κ2) is 5.43. The lowest BCUT2D eigenvalue weighted by Gasteiger charge is -2.10. The van der Waals surface area contributed by atoms with Crippen molar-refractivity contribution in [1.82, 2.24) is 0 Å². The Hall–Kier alpha value is -0.900. The molecule has 2 unspecified atom stereocenters. The van der Waals surface area contributed by atoms with Gasteiger partial charge in [0.2, 0.25) is 0 Å². The zero-order chi connectivity index (χ0) is 11.4. The van der Waals surface area contributed by atoms with Crippen LogP contribution in [-0.2, 0) is 11.3 Å². The molecule has 0 saturated heterocycles. The van der Waals surface area contributed by atoms with Gasteiger partial charge < -0.3 is 16.2 Å². The summed E-state index contributed by atoms with van der Waals surface area (Å²) in [5, 5.41) is 0. The van der Waals surface area contributed by atoms with Crippen LogP contribution in [0.3, 0.4) is 0 Å². The Morgan fingerprint density at radius 3 is 2.31 bits per heavy atom. The lowest BCUT2D eigenvalue weighted by Crippen LogP contribution is -2.35. The van der Waals surface area contributed by atoms with E-state index in [4.69, 9.17) is 16.2 Å². The molecule has 3 heteroatoms. The number of nitrogens with two attached hydrogens (primary N) is 2. The van der Waals surface area contributed by atoms with Crippen LogP contribution in [0.4, 0.5) is 0 Å². The molecule has 0 amide bonds. The summed E-state index contributed by atoms with van der Waals surface area (Å²) in [4.78, 5) is 0. The summed E-state index contributed by atoms with van der Waals surface area (Å²) in [5.41, 5.74) is 13.0. The van der Waals surface area contributed by atoms with Gasteiger partial charge in [0.05, 0.1) is 6.61 Å². The minimum atomic E-state index is 0.158. The first-order chi connectivity index (χ1) is 7.75. The molecule has 1 aromatic rings.